The normalized spacial score (nSPS) is 11.0. The molecule has 0 aliphatic rings. The van der Waals surface area contributed by atoms with Crippen LogP contribution < -0.4 is 0 Å². The molecule has 2 rings (SSSR count). The summed E-state index contributed by atoms with van der Waals surface area (Å²) >= 11 is 0. The maximum Gasteiger partial charge on any atom is 0.152 e. The fourth-order valence-electron chi connectivity index (χ4n) is 1.65. The van der Waals surface area contributed by atoms with Gasteiger partial charge in [0.2, 0.25) is 0 Å². The summed E-state index contributed by atoms with van der Waals surface area (Å²) in [6.45, 7) is 5.97. The van der Waals surface area contributed by atoms with Crippen LogP contribution in [-0.4, -0.2) is 16.2 Å². The van der Waals surface area contributed by atoms with Gasteiger partial charge in [-0.05, 0) is 50.6 Å². The van der Waals surface area contributed by atoms with Gasteiger partial charge in [0.1, 0.15) is 0 Å². The van der Waals surface area contributed by atoms with Gasteiger partial charge in [0.15, 0.2) is 5.82 Å². The van der Waals surface area contributed by atoms with Gasteiger partial charge < -0.3 is 0 Å². The van der Waals surface area contributed by atoms with E-state index in [1.807, 2.05) is 51.1 Å². The molecular weight excluding hydrogens is 210 g/mol. The Kier molecular flexibility index (Phi) is 3.28. The molecule has 0 bridgehead atoms. The van der Waals surface area contributed by atoms with Crippen molar-refractivity contribution >= 4 is 12.0 Å². The van der Waals surface area contributed by atoms with E-state index >= 15 is 0 Å². The van der Waals surface area contributed by atoms with Crippen LogP contribution in [0.5, 0.6) is 0 Å². The average Bonchev–Trinajstić information content (AvgIpc) is 2.25. The number of aliphatic imine (C=N–C) groups is 1. The van der Waals surface area contributed by atoms with Gasteiger partial charge in [0.25, 0.3) is 0 Å². The van der Waals surface area contributed by atoms with E-state index < -0.39 is 0 Å². The van der Waals surface area contributed by atoms with E-state index in [2.05, 4.69) is 15.0 Å². The molecular formula is C14H15N3. The van der Waals surface area contributed by atoms with Crippen LogP contribution in [0, 0.1) is 20.8 Å². The van der Waals surface area contributed by atoms with Crippen LogP contribution in [0.1, 0.15) is 22.6 Å². The van der Waals surface area contributed by atoms with Crippen LogP contribution >= 0.6 is 0 Å². The second-order valence-electron chi connectivity index (χ2n) is 4.11. The van der Waals surface area contributed by atoms with E-state index in [1.165, 1.54) is 5.56 Å². The molecule has 0 aliphatic heterocycles. The number of aryl methyl sites for hydroxylation is 3. The van der Waals surface area contributed by atoms with E-state index in [4.69, 9.17) is 0 Å². The lowest BCUT2D eigenvalue weighted by atomic mass is 10.2. The lowest BCUT2D eigenvalue weighted by Crippen LogP contribution is -1.89. The van der Waals surface area contributed by atoms with Gasteiger partial charge in [-0.25, -0.2) is 9.98 Å². The Morgan fingerprint density at radius 2 is 1.82 bits per heavy atom. The molecule has 17 heavy (non-hydrogen) atoms. The summed E-state index contributed by atoms with van der Waals surface area (Å²) in [5, 5.41) is 0. The molecule has 86 valence electrons. The zero-order valence-corrected chi connectivity index (χ0v) is 10.3. The first kappa shape index (κ1) is 11.5. The lowest BCUT2D eigenvalue weighted by Gasteiger charge is -1.98. The number of hydrogen-bond acceptors (Lipinski definition) is 3. The van der Waals surface area contributed by atoms with Gasteiger partial charge in [0, 0.05) is 11.4 Å². The van der Waals surface area contributed by atoms with Crippen LogP contribution in [0.2, 0.25) is 0 Å². The summed E-state index contributed by atoms with van der Waals surface area (Å²) in [6, 6.07) is 9.85. The van der Waals surface area contributed by atoms with Crippen molar-refractivity contribution in [3.8, 4) is 0 Å². The molecule has 2 aromatic heterocycles. The van der Waals surface area contributed by atoms with Crippen molar-refractivity contribution in [1.82, 2.24) is 9.97 Å². The molecule has 0 aromatic carbocycles. The summed E-state index contributed by atoms with van der Waals surface area (Å²) in [4.78, 5) is 13.0. The fourth-order valence-corrected chi connectivity index (χ4v) is 1.65. The number of rotatable bonds is 2. The van der Waals surface area contributed by atoms with Crippen LogP contribution in [0.3, 0.4) is 0 Å². The minimum atomic E-state index is 0.728. The number of aromatic nitrogens is 2. The Balaban J connectivity index is 2.25. The van der Waals surface area contributed by atoms with E-state index in [9.17, 15) is 0 Å². The molecule has 0 unspecified atom stereocenters. The molecule has 0 saturated heterocycles. The van der Waals surface area contributed by atoms with Gasteiger partial charge >= 0.3 is 0 Å². The number of hydrogen-bond donors (Lipinski definition) is 0. The summed E-state index contributed by atoms with van der Waals surface area (Å²) in [5.74, 6) is 0.728. The number of pyridine rings is 2. The zero-order valence-electron chi connectivity index (χ0n) is 10.3. The molecule has 0 fully saturated rings. The highest BCUT2D eigenvalue weighted by molar-refractivity contribution is 5.79. The molecule has 0 atom stereocenters. The van der Waals surface area contributed by atoms with Gasteiger partial charge in [-0.1, -0.05) is 6.07 Å². The van der Waals surface area contributed by atoms with Crippen molar-refractivity contribution in [3.05, 3.63) is 53.0 Å². The molecule has 3 heteroatoms. The van der Waals surface area contributed by atoms with E-state index in [0.29, 0.717) is 0 Å². The largest absolute Gasteiger partial charge is 0.252 e. The van der Waals surface area contributed by atoms with E-state index in [0.717, 1.165) is 22.9 Å². The Morgan fingerprint density at radius 3 is 2.53 bits per heavy atom. The average molecular weight is 225 g/mol. The van der Waals surface area contributed by atoms with Crippen molar-refractivity contribution in [1.29, 1.82) is 0 Å². The third-order valence-electron chi connectivity index (χ3n) is 2.32. The minimum absolute atomic E-state index is 0.728. The lowest BCUT2D eigenvalue weighted by molar-refractivity contribution is 1.15. The topological polar surface area (TPSA) is 38.1 Å². The van der Waals surface area contributed by atoms with Crippen LogP contribution in [0.4, 0.5) is 5.82 Å². The molecule has 0 radical (unpaired) electrons. The third kappa shape index (κ3) is 3.21. The molecule has 0 amide bonds. The predicted octanol–water partition coefficient (Wildman–Crippen LogP) is 3.15. The smallest absolute Gasteiger partial charge is 0.152 e. The van der Waals surface area contributed by atoms with Crippen molar-refractivity contribution in [3.63, 3.8) is 0 Å². The van der Waals surface area contributed by atoms with Crippen LogP contribution in [0.15, 0.2) is 35.3 Å². The van der Waals surface area contributed by atoms with Crippen LogP contribution in [-0.2, 0) is 0 Å². The van der Waals surface area contributed by atoms with Crippen molar-refractivity contribution in [2.24, 2.45) is 4.99 Å². The van der Waals surface area contributed by atoms with Gasteiger partial charge in [-0.2, -0.15) is 0 Å². The molecule has 0 spiro atoms. The minimum Gasteiger partial charge on any atom is -0.252 e. The monoisotopic (exact) mass is 225 g/mol. The second-order valence-corrected chi connectivity index (χ2v) is 4.11. The molecule has 0 aliphatic carbocycles. The van der Waals surface area contributed by atoms with Gasteiger partial charge in [-0.3, -0.25) is 4.98 Å². The standard InChI is InChI=1S/C14H15N3/c1-10-7-12(3)17-14(8-10)15-9-13-6-4-5-11(2)16-13/h4-9H,1-3H3/b15-9+. The molecule has 0 N–H and O–H groups in total. The quantitative estimate of drug-likeness (QED) is 0.736. The highest BCUT2D eigenvalue weighted by atomic mass is 14.9. The first-order valence-corrected chi connectivity index (χ1v) is 5.56. The Bertz CT molecular complexity index is 539. The fraction of sp³-hybridized carbons (Fsp3) is 0.214. The van der Waals surface area contributed by atoms with Gasteiger partial charge in [0.05, 0.1) is 11.9 Å². The molecule has 2 heterocycles. The Morgan fingerprint density at radius 1 is 1.00 bits per heavy atom. The first-order chi connectivity index (χ1) is 8.13. The van der Waals surface area contributed by atoms with E-state index in [-0.39, 0.29) is 0 Å². The number of nitrogens with zero attached hydrogens (tertiary/aromatic N) is 3. The summed E-state index contributed by atoms with van der Waals surface area (Å²) in [5.41, 5.74) is 3.99. The highest BCUT2D eigenvalue weighted by Crippen LogP contribution is 2.12. The summed E-state index contributed by atoms with van der Waals surface area (Å²) in [6.07, 6.45) is 1.74. The van der Waals surface area contributed by atoms with Crippen molar-refractivity contribution in [2.75, 3.05) is 0 Å². The molecule has 3 nitrogen and oxygen atoms in total. The van der Waals surface area contributed by atoms with Gasteiger partial charge in [-0.15, -0.1) is 0 Å². The summed E-state index contributed by atoms with van der Waals surface area (Å²) in [7, 11) is 0. The van der Waals surface area contributed by atoms with Crippen molar-refractivity contribution in [2.45, 2.75) is 20.8 Å². The Labute approximate surface area is 101 Å². The van der Waals surface area contributed by atoms with E-state index in [1.54, 1.807) is 6.21 Å². The van der Waals surface area contributed by atoms with Crippen LogP contribution in [0.25, 0.3) is 0 Å². The Hall–Kier alpha value is -2.03. The zero-order chi connectivity index (χ0) is 12.3. The SMILES string of the molecule is Cc1cc(C)nc(/N=C/c2cccc(C)n2)c1. The molecule has 2 aromatic rings. The predicted molar refractivity (Wildman–Crippen MR) is 69.9 cm³/mol. The highest BCUT2D eigenvalue weighted by Gasteiger charge is 1.95. The maximum absolute atomic E-state index is 4.36. The first-order valence-electron chi connectivity index (χ1n) is 5.56. The second kappa shape index (κ2) is 4.87. The molecule has 0 saturated carbocycles. The summed E-state index contributed by atoms with van der Waals surface area (Å²) < 4.78 is 0. The van der Waals surface area contributed by atoms with Crippen molar-refractivity contribution < 1.29 is 0 Å². The maximum atomic E-state index is 4.36. The third-order valence-corrected chi connectivity index (χ3v) is 2.32.